The van der Waals surface area contributed by atoms with Crippen LogP contribution in [0.2, 0.25) is 0 Å². The van der Waals surface area contributed by atoms with Crippen LogP contribution in [0.15, 0.2) is 39.7 Å². The van der Waals surface area contributed by atoms with Gasteiger partial charge < -0.3 is 5.32 Å². The van der Waals surface area contributed by atoms with Crippen molar-refractivity contribution < 1.29 is 13.2 Å². The predicted molar refractivity (Wildman–Crippen MR) is 87.3 cm³/mol. The molecule has 21 heavy (non-hydrogen) atoms. The van der Waals surface area contributed by atoms with E-state index in [1.165, 1.54) is 4.88 Å². The summed E-state index contributed by atoms with van der Waals surface area (Å²) in [4.78, 5) is 2.93. The average Bonchev–Trinajstić information content (AvgIpc) is 2.73. The maximum atomic E-state index is 12.3. The van der Waals surface area contributed by atoms with Crippen molar-refractivity contribution in [2.75, 3.05) is 11.1 Å². The minimum Gasteiger partial charge on any atom is -0.379 e. The molecular weight excluding hydrogens is 383 g/mol. The lowest BCUT2D eigenvalue weighted by molar-refractivity contribution is -0.105. The molecule has 0 bridgehead atoms. The van der Waals surface area contributed by atoms with Crippen LogP contribution >= 0.6 is 39.0 Å². The van der Waals surface area contributed by atoms with Crippen LogP contribution in [0.25, 0.3) is 0 Å². The highest BCUT2D eigenvalue weighted by atomic mass is 79.9. The first-order valence-electron chi connectivity index (χ1n) is 6.12. The topological polar surface area (TPSA) is 12.0 Å². The molecule has 1 N–H and O–H groups in total. The number of benzene rings is 1. The zero-order valence-electron chi connectivity index (χ0n) is 11.1. The Labute approximate surface area is 138 Å². The maximum absolute atomic E-state index is 12.3. The van der Waals surface area contributed by atoms with E-state index in [0.717, 1.165) is 26.8 Å². The number of anilines is 1. The van der Waals surface area contributed by atoms with Crippen LogP contribution in [-0.4, -0.2) is 11.9 Å². The first-order valence-corrected chi connectivity index (χ1v) is 8.72. The standard InChI is InChI=1S/C14H13BrF3NS2/c1-9-11(15)6-10(21-9)7-19-12-4-2-3-5-13(12)20-8-14(16,17)18/h2-6,19H,7-8H2,1H3. The van der Waals surface area contributed by atoms with Crippen molar-refractivity contribution in [1.82, 2.24) is 0 Å². The van der Waals surface area contributed by atoms with Crippen molar-refractivity contribution in [2.24, 2.45) is 0 Å². The molecule has 0 aliphatic heterocycles. The van der Waals surface area contributed by atoms with E-state index in [9.17, 15) is 13.2 Å². The summed E-state index contributed by atoms with van der Waals surface area (Å²) in [6.45, 7) is 2.62. The molecule has 1 nitrogen and oxygen atoms in total. The number of nitrogens with one attached hydrogen (secondary N) is 1. The normalized spacial score (nSPS) is 11.7. The lowest BCUT2D eigenvalue weighted by Crippen LogP contribution is -2.11. The Kier molecular flexibility index (Phi) is 5.62. The zero-order chi connectivity index (χ0) is 15.5. The second-order valence-corrected chi connectivity index (χ2v) is 7.58. The van der Waals surface area contributed by atoms with Gasteiger partial charge in [0.1, 0.15) is 0 Å². The van der Waals surface area contributed by atoms with Gasteiger partial charge in [-0.2, -0.15) is 13.2 Å². The Hall–Kier alpha value is -0.660. The summed E-state index contributed by atoms with van der Waals surface area (Å²) in [7, 11) is 0. The van der Waals surface area contributed by atoms with Gasteiger partial charge in [0.25, 0.3) is 0 Å². The fraction of sp³-hybridized carbons (Fsp3) is 0.286. The second kappa shape index (κ2) is 7.07. The predicted octanol–water partition coefficient (Wildman–Crippen LogP) is 6.09. The summed E-state index contributed by atoms with van der Waals surface area (Å²) < 4.78 is 38.0. The number of para-hydroxylation sites is 1. The Morgan fingerprint density at radius 1 is 1.29 bits per heavy atom. The number of thioether (sulfide) groups is 1. The molecule has 0 aliphatic carbocycles. The molecule has 2 aromatic rings. The molecule has 1 aromatic heterocycles. The van der Waals surface area contributed by atoms with Crippen LogP contribution in [0.1, 0.15) is 9.75 Å². The Morgan fingerprint density at radius 3 is 2.62 bits per heavy atom. The van der Waals surface area contributed by atoms with Gasteiger partial charge in [-0.1, -0.05) is 12.1 Å². The second-order valence-electron chi connectivity index (χ2n) is 4.37. The average molecular weight is 396 g/mol. The molecule has 1 aromatic carbocycles. The molecule has 0 saturated carbocycles. The van der Waals surface area contributed by atoms with Crippen molar-refractivity contribution in [3.8, 4) is 0 Å². The van der Waals surface area contributed by atoms with Crippen LogP contribution in [-0.2, 0) is 6.54 Å². The Morgan fingerprint density at radius 2 is 2.00 bits per heavy atom. The van der Waals surface area contributed by atoms with Crippen molar-refractivity contribution >= 4 is 44.7 Å². The molecule has 0 unspecified atom stereocenters. The SMILES string of the molecule is Cc1sc(CNc2ccccc2SCC(F)(F)F)cc1Br. The number of halogens is 4. The molecule has 0 fully saturated rings. The van der Waals surface area contributed by atoms with Crippen molar-refractivity contribution in [3.63, 3.8) is 0 Å². The Balaban J connectivity index is 2.02. The third-order valence-electron chi connectivity index (χ3n) is 2.64. The number of rotatable bonds is 5. The van der Waals surface area contributed by atoms with Gasteiger partial charge in [-0.25, -0.2) is 0 Å². The van der Waals surface area contributed by atoms with Crippen LogP contribution < -0.4 is 5.32 Å². The quantitative estimate of drug-likeness (QED) is 0.615. The minimum atomic E-state index is -4.16. The molecule has 0 saturated heterocycles. The molecule has 0 spiro atoms. The highest BCUT2D eigenvalue weighted by Crippen LogP contribution is 2.33. The molecule has 0 aliphatic rings. The smallest absolute Gasteiger partial charge is 0.379 e. The van der Waals surface area contributed by atoms with Gasteiger partial charge in [0.15, 0.2) is 0 Å². The van der Waals surface area contributed by atoms with Gasteiger partial charge in [-0.3, -0.25) is 0 Å². The van der Waals surface area contributed by atoms with E-state index in [4.69, 9.17) is 0 Å². The number of thiophene rings is 1. The summed E-state index contributed by atoms with van der Waals surface area (Å²) in [6.07, 6.45) is -4.16. The van der Waals surface area contributed by atoms with Crippen molar-refractivity contribution in [3.05, 3.63) is 44.6 Å². The summed E-state index contributed by atoms with van der Waals surface area (Å²) in [5.74, 6) is -0.880. The zero-order valence-corrected chi connectivity index (χ0v) is 14.3. The van der Waals surface area contributed by atoms with E-state index in [1.54, 1.807) is 29.5 Å². The lowest BCUT2D eigenvalue weighted by atomic mass is 10.3. The largest absolute Gasteiger partial charge is 0.398 e. The van der Waals surface area contributed by atoms with Crippen LogP contribution in [0.5, 0.6) is 0 Å². The molecule has 1 heterocycles. The highest BCUT2D eigenvalue weighted by Gasteiger charge is 2.27. The summed E-state index contributed by atoms with van der Waals surface area (Å²) in [6, 6.07) is 9.09. The first-order chi connectivity index (χ1) is 9.85. The minimum absolute atomic E-state index is 0.598. The number of aryl methyl sites for hydroxylation is 1. The fourth-order valence-electron chi connectivity index (χ4n) is 1.69. The van der Waals surface area contributed by atoms with Gasteiger partial charge in [0.2, 0.25) is 0 Å². The summed E-state index contributed by atoms with van der Waals surface area (Å²) in [5, 5.41) is 3.21. The molecule has 114 valence electrons. The molecule has 0 atom stereocenters. The van der Waals surface area contributed by atoms with E-state index >= 15 is 0 Å². The molecular formula is C14H13BrF3NS2. The van der Waals surface area contributed by atoms with Crippen LogP contribution in [0.3, 0.4) is 0 Å². The Bertz CT molecular complexity index is 591. The first kappa shape index (κ1) is 16.7. The highest BCUT2D eigenvalue weighted by molar-refractivity contribution is 9.10. The van der Waals surface area contributed by atoms with Crippen molar-refractivity contribution in [2.45, 2.75) is 24.5 Å². The van der Waals surface area contributed by atoms with Crippen LogP contribution in [0.4, 0.5) is 18.9 Å². The van der Waals surface area contributed by atoms with Crippen molar-refractivity contribution in [1.29, 1.82) is 0 Å². The monoisotopic (exact) mass is 395 g/mol. The molecule has 0 amide bonds. The van der Waals surface area contributed by atoms with Gasteiger partial charge >= 0.3 is 6.18 Å². The van der Waals surface area contributed by atoms with E-state index < -0.39 is 11.9 Å². The number of alkyl halides is 3. The summed E-state index contributed by atoms with van der Waals surface area (Å²) >= 11 is 5.92. The summed E-state index contributed by atoms with van der Waals surface area (Å²) in [5.41, 5.74) is 0.730. The lowest BCUT2D eigenvalue weighted by Gasteiger charge is -2.12. The number of hydrogen-bond acceptors (Lipinski definition) is 3. The van der Waals surface area contributed by atoms with Crippen LogP contribution in [0, 0.1) is 6.92 Å². The third kappa shape index (κ3) is 5.23. The maximum Gasteiger partial charge on any atom is 0.398 e. The van der Waals surface area contributed by atoms with E-state index in [1.807, 2.05) is 19.1 Å². The van der Waals surface area contributed by atoms with Gasteiger partial charge in [-0.15, -0.1) is 23.1 Å². The van der Waals surface area contributed by atoms with E-state index in [-0.39, 0.29) is 0 Å². The fourth-order valence-corrected chi connectivity index (χ4v) is 4.02. The van der Waals surface area contributed by atoms with Gasteiger partial charge in [0.05, 0.1) is 5.75 Å². The van der Waals surface area contributed by atoms with E-state index in [2.05, 4.69) is 21.2 Å². The molecule has 2 rings (SSSR count). The molecule has 7 heteroatoms. The molecule has 0 radical (unpaired) electrons. The number of hydrogen-bond donors (Lipinski definition) is 1. The van der Waals surface area contributed by atoms with E-state index in [0.29, 0.717) is 11.4 Å². The van der Waals surface area contributed by atoms with Gasteiger partial charge in [-0.05, 0) is 41.1 Å². The van der Waals surface area contributed by atoms with Gasteiger partial charge in [0, 0.05) is 31.4 Å². The third-order valence-corrected chi connectivity index (χ3v) is 5.91.